The maximum atomic E-state index is 11.6. The third-order valence-corrected chi connectivity index (χ3v) is 2.23. The summed E-state index contributed by atoms with van der Waals surface area (Å²) in [4.78, 5) is 0. The van der Waals surface area contributed by atoms with Gasteiger partial charge in [0.05, 0.1) is 0 Å². The second-order valence-electron chi connectivity index (χ2n) is 1.80. The molecule has 0 rings (SSSR count). The zero-order valence-corrected chi connectivity index (χ0v) is 7.16. The van der Waals surface area contributed by atoms with E-state index in [4.69, 9.17) is 0 Å². The van der Waals surface area contributed by atoms with Gasteiger partial charge < -0.3 is 0 Å². The number of hydrogen-bond acceptors (Lipinski definition) is 0. The highest BCUT2D eigenvalue weighted by Gasteiger charge is 2.36. The molecular formula is C5H8F3I. The summed E-state index contributed by atoms with van der Waals surface area (Å²) in [5, 5.41) is 0. The zero-order chi connectivity index (χ0) is 7.49. The summed E-state index contributed by atoms with van der Waals surface area (Å²) in [5.74, 6) is 0. The fourth-order valence-electron chi connectivity index (χ4n) is 0.417. The van der Waals surface area contributed by atoms with Crippen LogP contribution in [0.4, 0.5) is 13.2 Å². The predicted molar refractivity (Wildman–Crippen MR) is 38.8 cm³/mol. The lowest BCUT2D eigenvalue weighted by Gasteiger charge is -2.11. The molecule has 1 atom stereocenters. The minimum Gasteiger partial charge on any atom is -0.170 e. The molecule has 56 valence electrons. The van der Waals surface area contributed by atoms with Crippen LogP contribution in [0.1, 0.15) is 19.8 Å². The van der Waals surface area contributed by atoms with Crippen LogP contribution >= 0.6 is 22.6 Å². The molecule has 9 heavy (non-hydrogen) atoms. The SMILES string of the molecule is CCCC(I)C(F)(F)F. The van der Waals surface area contributed by atoms with Crippen LogP contribution in [0.5, 0.6) is 0 Å². The van der Waals surface area contributed by atoms with Crippen molar-refractivity contribution in [1.82, 2.24) is 0 Å². The van der Waals surface area contributed by atoms with Gasteiger partial charge in [-0.25, -0.2) is 0 Å². The Morgan fingerprint density at radius 3 is 2.00 bits per heavy atom. The molecule has 0 saturated heterocycles. The van der Waals surface area contributed by atoms with Crippen LogP contribution in [-0.4, -0.2) is 10.1 Å². The minimum atomic E-state index is -4.00. The van der Waals surface area contributed by atoms with Gasteiger partial charge in [0.25, 0.3) is 0 Å². The van der Waals surface area contributed by atoms with Gasteiger partial charge in [-0.2, -0.15) is 13.2 Å². The molecule has 0 heterocycles. The highest BCUT2D eigenvalue weighted by Crippen LogP contribution is 2.29. The van der Waals surface area contributed by atoms with E-state index in [2.05, 4.69) is 0 Å². The van der Waals surface area contributed by atoms with Gasteiger partial charge in [-0.05, 0) is 6.42 Å². The first-order chi connectivity index (χ1) is 3.98. The lowest BCUT2D eigenvalue weighted by molar-refractivity contribution is -0.125. The van der Waals surface area contributed by atoms with Crippen molar-refractivity contribution in [1.29, 1.82) is 0 Å². The average Bonchev–Trinajstić information content (AvgIpc) is 1.64. The maximum absolute atomic E-state index is 11.6. The number of alkyl halides is 4. The van der Waals surface area contributed by atoms with E-state index in [1.807, 2.05) is 0 Å². The summed E-state index contributed by atoms with van der Waals surface area (Å²) in [6.07, 6.45) is -3.19. The Balaban J connectivity index is 3.59. The van der Waals surface area contributed by atoms with E-state index in [0.717, 1.165) is 0 Å². The van der Waals surface area contributed by atoms with Gasteiger partial charge in [0.2, 0.25) is 0 Å². The van der Waals surface area contributed by atoms with Crippen molar-refractivity contribution in [3.63, 3.8) is 0 Å². The Morgan fingerprint density at radius 2 is 1.89 bits per heavy atom. The lowest BCUT2D eigenvalue weighted by atomic mass is 10.2. The predicted octanol–water partition coefficient (Wildman–Crippen LogP) is 3.15. The average molecular weight is 252 g/mol. The molecule has 4 heteroatoms. The van der Waals surface area contributed by atoms with E-state index in [-0.39, 0.29) is 6.42 Å². The summed E-state index contributed by atoms with van der Waals surface area (Å²) in [7, 11) is 0. The van der Waals surface area contributed by atoms with Gasteiger partial charge in [-0.1, -0.05) is 35.9 Å². The molecule has 0 aromatic rings. The van der Waals surface area contributed by atoms with Crippen LogP contribution in [0.2, 0.25) is 0 Å². The van der Waals surface area contributed by atoms with Crippen molar-refractivity contribution in [3.05, 3.63) is 0 Å². The molecule has 0 spiro atoms. The van der Waals surface area contributed by atoms with E-state index in [0.29, 0.717) is 6.42 Å². The van der Waals surface area contributed by atoms with Gasteiger partial charge in [-0.3, -0.25) is 0 Å². The van der Waals surface area contributed by atoms with Gasteiger partial charge >= 0.3 is 6.18 Å². The van der Waals surface area contributed by atoms with Gasteiger partial charge in [-0.15, -0.1) is 0 Å². The Labute approximate surface area is 66.0 Å². The van der Waals surface area contributed by atoms with E-state index in [9.17, 15) is 13.2 Å². The molecular weight excluding hydrogens is 244 g/mol. The standard InChI is InChI=1S/C5H8F3I/c1-2-3-4(9)5(6,7)8/h4H,2-3H2,1H3. The molecule has 0 aromatic heterocycles. The third kappa shape index (κ3) is 4.00. The monoisotopic (exact) mass is 252 g/mol. The minimum absolute atomic E-state index is 0.226. The maximum Gasteiger partial charge on any atom is 0.400 e. The fraction of sp³-hybridized carbons (Fsp3) is 1.00. The van der Waals surface area contributed by atoms with Crippen LogP contribution in [0.25, 0.3) is 0 Å². The second kappa shape index (κ2) is 3.63. The van der Waals surface area contributed by atoms with Crippen LogP contribution in [0.3, 0.4) is 0 Å². The van der Waals surface area contributed by atoms with E-state index in [1.165, 1.54) is 22.6 Å². The molecule has 0 amide bonds. The molecule has 0 fully saturated rings. The van der Waals surface area contributed by atoms with Gasteiger partial charge in [0, 0.05) is 0 Å². The molecule has 0 aliphatic rings. The van der Waals surface area contributed by atoms with Crippen molar-refractivity contribution < 1.29 is 13.2 Å². The van der Waals surface area contributed by atoms with Crippen molar-refractivity contribution >= 4 is 22.6 Å². The zero-order valence-electron chi connectivity index (χ0n) is 5.00. The summed E-state index contributed by atoms with van der Waals surface area (Å²) in [5.41, 5.74) is 0. The summed E-state index contributed by atoms with van der Waals surface area (Å²) < 4.78 is 33.7. The largest absolute Gasteiger partial charge is 0.400 e. The first kappa shape index (κ1) is 9.52. The third-order valence-electron chi connectivity index (χ3n) is 0.897. The number of rotatable bonds is 2. The van der Waals surface area contributed by atoms with E-state index >= 15 is 0 Å². The molecule has 0 bridgehead atoms. The second-order valence-corrected chi connectivity index (χ2v) is 3.30. The molecule has 0 aliphatic heterocycles. The molecule has 0 nitrogen and oxygen atoms in total. The van der Waals surface area contributed by atoms with Crippen molar-refractivity contribution in [3.8, 4) is 0 Å². The molecule has 1 unspecified atom stereocenters. The summed E-state index contributed by atoms with van der Waals surface area (Å²) >= 11 is 1.42. The quantitative estimate of drug-likeness (QED) is 0.523. The topological polar surface area (TPSA) is 0 Å². The summed E-state index contributed by atoms with van der Waals surface area (Å²) in [6, 6.07) is 0. The Morgan fingerprint density at radius 1 is 1.44 bits per heavy atom. The van der Waals surface area contributed by atoms with Crippen LogP contribution in [-0.2, 0) is 0 Å². The molecule has 0 saturated carbocycles. The fourth-order valence-corrected chi connectivity index (χ4v) is 1.04. The highest BCUT2D eigenvalue weighted by molar-refractivity contribution is 14.1. The smallest absolute Gasteiger partial charge is 0.170 e. The van der Waals surface area contributed by atoms with Crippen LogP contribution in [0.15, 0.2) is 0 Å². The van der Waals surface area contributed by atoms with E-state index < -0.39 is 10.1 Å². The molecule has 0 aromatic carbocycles. The van der Waals surface area contributed by atoms with Crippen molar-refractivity contribution in [2.24, 2.45) is 0 Å². The summed E-state index contributed by atoms with van der Waals surface area (Å²) in [6.45, 7) is 1.75. The normalized spacial score (nSPS) is 15.7. The molecule has 0 radical (unpaired) electrons. The first-order valence-electron chi connectivity index (χ1n) is 2.69. The molecule has 0 aliphatic carbocycles. The Kier molecular flexibility index (Phi) is 3.84. The van der Waals surface area contributed by atoms with Gasteiger partial charge in [0.15, 0.2) is 0 Å². The number of halogens is 4. The molecule has 0 N–H and O–H groups in total. The van der Waals surface area contributed by atoms with Crippen molar-refractivity contribution in [2.45, 2.75) is 29.9 Å². The van der Waals surface area contributed by atoms with Gasteiger partial charge in [0.1, 0.15) is 3.92 Å². The van der Waals surface area contributed by atoms with Crippen LogP contribution < -0.4 is 0 Å². The number of hydrogen-bond donors (Lipinski definition) is 0. The Bertz CT molecular complexity index is 78.8. The van der Waals surface area contributed by atoms with E-state index in [1.54, 1.807) is 6.92 Å². The van der Waals surface area contributed by atoms with Crippen molar-refractivity contribution in [2.75, 3.05) is 0 Å². The van der Waals surface area contributed by atoms with Crippen LogP contribution in [0, 0.1) is 0 Å². The lowest BCUT2D eigenvalue weighted by Crippen LogP contribution is -2.21. The highest BCUT2D eigenvalue weighted by atomic mass is 127. The first-order valence-corrected chi connectivity index (χ1v) is 3.93. The Hall–Kier alpha value is 0.520.